The Bertz CT molecular complexity index is 3520. The van der Waals surface area contributed by atoms with Crippen LogP contribution in [-0.2, 0) is 0 Å². The second-order valence-electron chi connectivity index (χ2n) is 16.5. The van der Waals surface area contributed by atoms with Gasteiger partial charge in [0.1, 0.15) is 0 Å². The van der Waals surface area contributed by atoms with Gasteiger partial charge in [0, 0.05) is 33.5 Å². The molecule has 0 atom stereocenters. The SMILES string of the molecule is c1ccc(-c2ccc(N(c3ccc(-c4ccccc4)cc3)c3ccc(-c4ccc(-n5c6ccccc6c6c7c(-c8cccc9ccccc89)cccc7ccc65)cc4)cc3)cc2)cc1. The number of fused-ring (bicyclic) bond motifs is 6. The molecule has 2 nitrogen and oxygen atoms in total. The molecule has 0 aliphatic carbocycles. The van der Waals surface area contributed by atoms with E-state index in [4.69, 9.17) is 0 Å². The van der Waals surface area contributed by atoms with Crippen molar-refractivity contribution >= 4 is 60.4 Å². The number of hydrogen-bond acceptors (Lipinski definition) is 1. The van der Waals surface area contributed by atoms with Crippen molar-refractivity contribution in [2.24, 2.45) is 0 Å². The first-order valence-corrected chi connectivity index (χ1v) is 22.0. The van der Waals surface area contributed by atoms with E-state index in [1.807, 2.05) is 0 Å². The van der Waals surface area contributed by atoms with Crippen LogP contribution < -0.4 is 4.90 Å². The van der Waals surface area contributed by atoms with Crippen molar-refractivity contribution in [1.82, 2.24) is 4.57 Å². The molecule has 0 bridgehead atoms. The van der Waals surface area contributed by atoms with E-state index in [0.717, 1.165) is 22.7 Å². The predicted molar refractivity (Wildman–Crippen MR) is 272 cm³/mol. The molecule has 0 unspecified atom stereocenters. The lowest BCUT2D eigenvalue weighted by atomic mass is 9.92. The monoisotopic (exact) mass is 814 g/mol. The summed E-state index contributed by atoms with van der Waals surface area (Å²) in [4.78, 5) is 2.34. The van der Waals surface area contributed by atoms with E-state index in [1.54, 1.807) is 0 Å². The summed E-state index contributed by atoms with van der Waals surface area (Å²) < 4.78 is 2.43. The van der Waals surface area contributed by atoms with Crippen molar-refractivity contribution in [2.75, 3.05) is 4.90 Å². The van der Waals surface area contributed by atoms with Crippen LogP contribution in [0, 0.1) is 0 Å². The second-order valence-corrected chi connectivity index (χ2v) is 16.5. The minimum absolute atomic E-state index is 1.10. The molecule has 12 aromatic rings. The fourth-order valence-electron chi connectivity index (χ4n) is 9.72. The summed E-state index contributed by atoms with van der Waals surface area (Å²) in [6.07, 6.45) is 0. The van der Waals surface area contributed by atoms with E-state index in [2.05, 4.69) is 264 Å². The van der Waals surface area contributed by atoms with Gasteiger partial charge in [-0.25, -0.2) is 0 Å². The molecule has 0 saturated heterocycles. The van der Waals surface area contributed by atoms with E-state index >= 15 is 0 Å². The number of benzene rings is 11. The molecule has 2 heteroatoms. The van der Waals surface area contributed by atoms with E-state index < -0.39 is 0 Å². The highest BCUT2D eigenvalue weighted by Gasteiger charge is 2.19. The molecule has 300 valence electrons. The minimum Gasteiger partial charge on any atom is -0.311 e. The number of aromatic nitrogens is 1. The van der Waals surface area contributed by atoms with Crippen LogP contribution in [0.25, 0.3) is 93.5 Å². The summed E-state index contributed by atoms with van der Waals surface area (Å²) in [7, 11) is 0. The van der Waals surface area contributed by atoms with Gasteiger partial charge in [0.15, 0.2) is 0 Å². The van der Waals surface area contributed by atoms with Gasteiger partial charge in [-0.15, -0.1) is 0 Å². The summed E-state index contributed by atoms with van der Waals surface area (Å²) in [6.45, 7) is 0. The van der Waals surface area contributed by atoms with Crippen molar-refractivity contribution in [3.63, 3.8) is 0 Å². The summed E-state index contributed by atoms with van der Waals surface area (Å²) in [5, 5.41) is 7.59. The number of anilines is 3. The van der Waals surface area contributed by atoms with Gasteiger partial charge in [-0.3, -0.25) is 0 Å². The first-order chi connectivity index (χ1) is 31.7. The Morgan fingerprint density at radius 3 is 1.27 bits per heavy atom. The maximum absolute atomic E-state index is 2.43. The van der Waals surface area contributed by atoms with E-state index in [-0.39, 0.29) is 0 Å². The highest BCUT2D eigenvalue weighted by atomic mass is 15.1. The molecule has 0 aliphatic heterocycles. The van der Waals surface area contributed by atoms with Crippen LogP contribution in [0.4, 0.5) is 17.1 Å². The van der Waals surface area contributed by atoms with Gasteiger partial charge in [-0.05, 0) is 127 Å². The minimum atomic E-state index is 1.10. The van der Waals surface area contributed by atoms with Crippen molar-refractivity contribution in [3.8, 4) is 50.2 Å². The van der Waals surface area contributed by atoms with Crippen LogP contribution >= 0.6 is 0 Å². The maximum Gasteiger partial charge on any atom is 0.0547 e. The Kier molecular flexibility index (Phi) is 9.20. The molecular weight excluding hydrogens is 773 g/mol. The third-order valence-corrected chi connectivity index (χ3v) is 12.8. The van der Waals surface area contributed by atoms with Crippen LogP contribution in [0.5, 0.6) is 0 Å². The molecule has 11 aromatic carbocycles. The number of para-hydroxylation sites is 1. The van der Waals surface area contributed by atoms with Crippen LogP contribution in [0.1, 0.15) is 0 Å². The van der Waals surface area contributed by atoms with Crippen molar-refractivity contribution in [1.29, 1.82) is 0 Å². The standard InChI is InChI=1S/C62H42N2/c1-3-13-43(14-4-1)45-25-34-51(35-26-45)63(52-36-27-46(28-37-52)44-15-5-2-6-16-44)53-38-29-47(30-39-53)48-31-40-54(41-32-48)64-59-24-10-9-21-58(59)62-60(64)42-33-50-19-12-23-57(61(50)62)56-22-11-18-49-17-7-8-20-55(49)56/h1-42H. The molecule has 0 fully saturated rings. The lowest BCUT2D eigenvalue weighted by Crippen LogP contribution is -2.09. The predicted octanol–water partition coefficient (Wildman–Crippen LogP) is 17.2. The van der Waals surface area contributed by atoms with Crippen LogP contribution in [0.2, 0.25) is 0 Å². The Morgan fingerprint density at radius 2 is 0.688 bits per heavy atom. The highest BCUT2D eigenvalue weighted by molar-refractivity contribution is 6.25. The fraction of sp³-hybridized carbons (Fsp3) is 0. The first-order valence-electron chi connectivity index (χ1n) is 22.0. The van der Waals surface area contributed by atoms with Gasteiger partial charge < -0.3 is 9.47 Å². The third-order valence-electron chi connectivity index (χ3n) is 12.8. The van der Waals surface area contributed by atoms with Gasteiger partial charge in [0.2, 0.25) is 0 Å². The molecule has 1 heterocycles. The summed E-state index contributed by atoms with van der Waals surface area (Å²) in [5.74, 6) is 0. The summed E-state index contributed by atoms with van der Waals surface area (Å²) in [6, 6.07) is 92.5. The molecule has 0 amide bonds. The maximum atomic E-state index is 2.43. The first kappa shape index (κ1) is 37.3. The number of nitrogens with zero attached hydrogens (tertiary/aromatic N) is 2. The summed E-state index contributed by atoms with van der Waals surface area (Å²) in [5.41, 5.74) is 16.5. The van der Waals surface area contributed by atoms with Gasteiger partial charge in [0.05, 0.1) is 11.0 Å². The average molecular weight is 815 g/mol. The zero-order valence-corrected chi connectivity index (χ0v) is 35.1. The van der Waals surface area contributed by atoms with Crippen LogP contribution in [0.3, 0.4) is 0 Å². The molecule has 0 aliphatic rings. The van der Waals surface area contributed by atoms with E-state index in [0.29, 0.717) is 0 Å². The zero-order valence-electron chi connectivity index (χ0n) is 35.1. The van der Waals surface area contributed by atoms with Crippen molar-refractivity contribution < 1.29 is 0 Å². The molecule has 0 spiro atoms. The molecule has 64 heavy (non-hydrogen) atoms. The lowest BCUT2D eigenvalue weighted by molar-refractivity contribution is 1.18. The number of rotatable bonds is 8. The normalized spacial score (nSPS) is 11.4. The highest BCUT2D eigenvalue weighted by Crippen LogP contribution is 2.43. The molecular formula is C62H42N2. The quantitative estimate of drug-likeness (QED) is 0.148. The summed E-state index contributed by atoms with van der Waals surface area (Å²) >= 11 is 0. The van der Waals surface area contributed by atoms with E-state index in [1.165, 1.54) is 87.9 Å². The topological polar surface area (TPSA) is 8.17 Å². The van der Waals surface area contributed by atoms with Crippen molar-refractivity contribution in [3.05, 3.63) is 255 Å². The Morgan fingerprint density at radius 1 is 0.250 bits per heavy atom. The van der Waals surface area contributed by atoms with Crippen LogP contribution in [0.15, 0.2) is 255 Å². The Balaban J connectivity index is 0.912. The van der Waals surface area contributed by atoms with Crippen LogP contribution in [-0.4, -0.2) is 4.57 Å². The van der Waals surface area contributed by atoms with Gasteiger partial charge >= 0.3 is 0 Å². The largest absolute Gasteiger partial charge is 0.311 e. The lowest BCUT2D eigenvalue weighted by Gasteiger charge is -2.26. The second kappa shape index (κ2) is 15.8. The van der Waals surface area contributed by atoms with E-state index in [9.17, 15) is 0 Å². The average Bonchev–Trinajstić information content (AvgIpc) is 3.72. The third kappa shape index (κ3) is 6.52. The van der Waals surface area contributed by atoms with Gasteiger partial charge in [-0.2, -0.15) is 0 Å². The zero-order chi connectivity index (χ0) is 42.4. The smallest absolute Gasteiger partial charge is 0.0547 e. The van der Waals surface area contributed by atoms with Gasteiger partial charge in [0.25, 0.3) is 0 Å². The Labute approximate surface area is 373 Å². The Hall–Kier alpha value is -8.46. The molecule has 0 radical (unpaired) electrons. The van der Waals surface area contributed by atoms with Gasteiger partial charge in [-0.1, -0.05) is 194 Å². The fourth-order valence-corrected chi connectivity index (χ4v) is 9.72. The molecule has 0 N–H and O–H groups in total. The molecule has 1 aromatic heterocycles. The number of hydrogen-bond donors (Lipinski definition) is 0. The molecule has 0 saturated carbocycles. The molecule has 12 rings (SSSR count). The van der Waals surface area contributed by atoms with Crippen molar-refractivity contribution in [2.45, 2.75) is 0 Å².